The number of aryl methyl sites for hydroxylation is 3. The molecular weight excluding hydrogens is 649 g/mol. The summed E-state index contributed by atoms with van der Waals surface area (Å²) in [6.07, 6.45) is 3.29. The maximum Gasteiger partial charge on any atom is 0.294 e. The van der Waals surface area contributed by atoms with E-state index < -0.39 is 49.2 Å². The van der Waals surface area contributed by atoms with Gasteiger partial charge in [0.1, 0.15) is 0 Å². The molecule has 12 nitrogen and oxygen atoms in total. The van der Waals surface area contributed by atoms with Crippen molar-refractivity contribution in [2.75, 3.05) is 0 Å². The Hall–Kier alpha value is -3.51. The molecule has 1 heterocycles. The van der Waals surface area contributed by atoms with E-state index in [1.165, 1.54) is 36.4 Å². The zero-order valence-electron chi connectivity index (χ0n) is 24.8. The van der Waals surface area contributed by atoms with Crippen molar-refractivity contribution >= 4 is 30.4 Å². The van der Waals surface area contributed by atoms with Gasteiger partial charge in [-0.05, 0) is 75.4 Å². The Morgan fingerprint density at radius 3 is 0.778 bits per heavy atom. The fraction of sp³-hybridized carbons (Fsp3) is 0.200. The summed E-state index contributed by atoms with van der Waals surface area (Å²) in [5.74, 6) is 0. The van der Waals surface area contributed by atoms with Crippen molar-refractivity contribution in [1.29, 1.82) is 0 Å². The van der Waals surface area contributed by atoms with Crippen LogP contribution in [-0.4, -0.2) is 57.8 Å². The van der Waals surface area contributed by atoms with Crippen molar-refractivity contribution in [3.8, 4) is 0 Å². The minimum absolute atomic E-state index is 0.0666. The van der Waals surface area contributed by atoms with Crippen LogP contribution < -0.4 is 0 Å². The second-order valence-electron chi connectivity index (χ2n) is 9.08. The van der Waals surface area contributed by atoms with Crippen LogP contribution >= 0.6 is 0 Å². The van der Waals surface area contributed by atoms with Crippen LogP contribution in [0.25, 0.3) is 0 Å². The van der Waals surface area contributed by atoms with Crippen molar-refractivity contribution in [3.05, 3.63) is 127 Å². The fourth-order valence-corrected chi connectivity index (χ4v) is 4.40. The Morgan fingerprint density at radius 1 is 0.467 bits per heavy atom. The number of hydrogen-bond donors (Lipinski definition) is 3. The van der Waals surface area contributed by atoms with Crippen LogP contribution in [0.1, 0.15) is 16.7 Å². The predicted octanol–water partition coefficient (Wildman–Crippen LogP) is 5.31. The maximum atomic E-state index is 10.5. The van der Waals surface area contributed by atoms with Crippen LogP contribution in [0.15, 0.2) is 125 Å². The third kappa shape index (κ3) is 15.4. The van der Waals surface area contributed by atoms with Crippen LogP contribution in [0.5, 0.6) is 0 Å². The highest BCUT2D eigenvalue weighted by Gasteiger charge is 2.24. The molecule has 0 radical (unpaired) electrons. The summed E-state index contributed by atoms with van der Waals surface area (Å²) in [6.45, 7) is 16.2. The van der Waals surface area contributed by atoms with Crippen molar-refractivity contribution in [2.24, 2.45) is 0 Å². The lowest BCUT2D eigenvalue weighted by atomic mass is 10.2. The molecule has 1 saturated heterocycles. The van der Waals surface area contributed by atoms with E-state index >= 15 is 0 Å². The first-order valence-corrected chi connectivity index (χ1v) is 17.1. The summed E-state index contributed by atoms with van der Waals surface area (Å²) < 4.78 is 104. The first kappa shape index (κ1) is 39.5. The van der Waals surface area contributed by atoms with Gasteiger partial charge in [0.25, 0.3) is 30.4 Å². The van der Waals surface area contributed by atoms with E-state index in [0.29, 0.717) is 0 Å². The van der Waals surface area contributed by atoms with E-state index in [2.05, 4.69) is 19.7 Å². The molecule has 0 saturated carbocycles. The van der Waals surface area contributed by atoms with Crippen LogP contribution in [0, 0.1) is 20.8 Å². The molecule has 3 N–H and O–H groups in total. The lowest BCUT2D eigenvalue weighted by molar-refractivity contribution is -0.340. The third-order valence-electron chi connectivity index (χ3n) is 5.34. The van der Waals surface area contributed by atoms with E-state index in [9.17, 15) is 25.3 Å². The van der Waals surface area contributed by atoms with E-state index in [4.69, 9.17) is 27.9 Å². The van der Waals surface area contributed by atoms with Crippen LogP contribution in [-0.2, 0) is 44.6 Å². The summed E-state index contributed by atoms with van der Waals surface area (Å²) in [5, 5.41) is 0. The van der Waals surface area contributed by atoms with Gasteiger partial charge in [-0.1, -0.05) is 72.8 Å². The first-order chi connectivity index (χ1) is 20.8. The van der Waals surface area contributed by atoms with Crippen molar-refractivity contribution in [3.63, 3.8) is 0 Å². The predicted molar refractivity (Wildman–Crippen MR) is 168 cm³/mol. The van der Waals surface area contributed by atoms with Crippen LogP contribution in [0.4, 0.5) is 0 Å². The molecular formula is C30H36O12S3. The second-order valence-corrected chi connectivity index (χ2v) is 13.3. The van der Waals surface area contributed by atoms with Crippen molar-refractivity contribution < 1.29 is 53.1 Å². The quantitative estimate of drug-likeness (QED) is 0.224. The normalized spacial score (nSPS) is 17.9. The van der Waals surface area contributed by atoms with E-state index in [1.54, 1.807) is 54.6 Å². The molecule has 1 fully saturated rings. The highest BCUT2D eigenvalue weighted by atomic mass is 32.2. The molecule has 3 aromatic rings. The largest absolute Gasteiger partial charge is 0.316 e. The van der Waals surface area contributed by atoms with Gasteiger partial charge >= 0.3 is 0 Å². The fourth-order valence-electron chi connectivity index (χ4n) is 2.96. The summed E-state index contributed by atoms with van der Waals surface area (Å²) in [7, 11) is -12.1. The Morgan fingerprint density at radius 2 is 0.644 bits per heavy atom. The van der Waals surface area contributed by atoms with Gasteiger partial charge in [0.15, 0.2) is 18.9 Å². The molecule has 0 atom stereocenters. The van der Waals surface area contributed by atoms with Crippen LogP contribution in [0.2, 0.25) is 0 Å². The topological polar surface area (TPSA) is 191 Å². The summed E-state index contributed by atoms with van der Waals surface area (Å²) in [5.41, 5.74) is 2.87. The molecule has 0 amide bonds. The van der Waals surface area contributed by atoms with Gasteiger partial charge in [0.05, 0.1) is 14.7 Å². The highest BCUT2D eigenvalue weighted by Crippen LogP contribution is 2.17. The lowest BCUT2D eigenvalue weighted by Crippen LogP contribution is -2.37. The van der Waals surface area contributed by atoms with E-state index in [1.807, 2.05) is 20.8 Å². The first-order valence-electron chi connectivity index (χ1n) is 12.8. The monoisotopic (exact) mass is 684 g/mol. The molecule has 15 heteroatoms. The number of benzene rings is 3. The van der Waals surface area contributed by atoms with Crippen LogP contribution in [0.3, 0.4) is 0 Å². The Balaban J connectivity index is 0.000000300. The molecule has 45 heavy (non-hydrogen) atoms. The standard InChI is InChI=1S/C9H12O3.3C7H8O3S/c1-4-7-10-8(5-2)12-9(6-3)11-7;3*1-6-2-4-7(5-3-6)11(8,9)10/h4-9H,1-3H2;3*2-5H,1H3,(H,8,9,10). The minimum atomic E-state index is -4.02. The number of ether oxygens (including phenoxy) is 3. The van der Waals surface area contributed by atoms with E-state index in [-0.39, 0.29) is 14.7 Å². The van der Waals surface area contributed by atoms with Gasteiger partial charge in [-0.3, -0.25) is 13.7 Å². The summed E-state index contributed by atoms with van der Waals surface area (Å²) >= 11 is 0. The summed E-state index contributed by atoms with van der Waals surface area (Å²) in [6, 6.07) is 18.0. The molecule has 0 unspecified atom stereocenters. The molecule has 0 spiro atoms. The van der Waals surface area contributed by atoms with Crippen molar-refractivity contribution in [1.82, 2.24) is 0 Å². The second kappa shape index (κ2) is 17.8. The average Bonchev–Trinajstić information content (AvgIpc) is 2.97. The Kier molecular flexibility index (Phi) is 15.7. The maximum absolute atomic E-state index is 10.5. The molecule has 1 aliphatic rings. The van der Waals surface area contributed by atoms with Gasteiger partial charge in [0.2, 0.25) is 0 Å². The molecule has 246 valence electrons. The Labute approximate surface area is 264 Å². The molecule has 1 aliphatic heterocycles. The summed E-state index contributed by atoms with van der Waals surface area (Å²) in [4.78, 5) is -0.200. The smallest absolute Gasteiger partial charge is 0.294 e. The number of hydrogen-bond acceptors (Lipinski definition) is 9. The van der Waals surface area contributed by atoms with Gasteiger partial charge in [-0.25, -0.2) is 0 Å². The van der Waals surface area contributed by atoms with Gasteiger partial charge in [-0.2, -0.15) is 25.3 Å². The molecule has 0 bridgehead atoms. The molecule has 4 rings (SSSR count). The molecule has 0 aliphatic carbocycles. The number of rotatable bonds is 6. The molecule has 0 aromatic heterocycles. The average molecular weight is 685 g/mol. The SMILES string of the molecule is C=CC1OC(C=C)OC(C=C)O1.Cc1ccc(S(=O)(=O)O)cc1.Cc1ccc(S(=O)(=O)O)cc1.Cc1ccc(S(=O)(=O)O)cc1. The highest BCUT2D eigenvalue weighted by molar-refractivity contribution is 7.86. The Bertz CT molecular complexity index is 1500. The van der Waals surface area contributed by atoms with E-state index in [0.717, 1.165) is 16.7 Å². The zero-order valence-corrected chi connectivity index (χ0v) is 27.2. The zero-order chi connectivity index (χ0) is 34.4. The molecule has 3 aromatic carbocycles. The minimum Gasteiger partial charge on any atom is -0.316 e. The van der Waals surface area contributed by atoms with Gasteiger partial charge < -0.3 is 14.2 Å². The van der Waals surface area contributed by atoms with Gasteiger partial charge in [0, 0.05) is 0 Å². The van der Waals surface area contributed by atoms with Gasteiger partial charge in [-0.15, -0.1) is 0 Å². The third-order valence-corrected chi connectivity index (χ3v) is 7.94. The lowest BCUT2D eigenvalue weighted by Gasteiger charge is -2.31. The van der Waals surface area contributed by atoms with Crippen molar-refractivity contribution in [2.45, 2.75) is 54.3 Å².